The summed E-state index contributed by atoms with van der Waals surface area (Å²) in [6, 6.07) is 7.93. The molecule has 1 unspecified atom stereocenters. The van der Waals surface area contributed by atoms with Crippen LogP contribution in [0.5, 0.6) is 5.75 Å². The molecule has 2 aromatic rings. The fourth-order valence-corrected chi connectivity index (χ4v) is 3.79. The SMILES string of the molecule is Cc1nc(CCNC(=O)C2CCOc3ccccc3C2)sc1Cl. The Morgan fingerprint density at radius 2 is 2.30 bits per heavy atom. The molecule has 0 radical (unpaired) electrons. The average molecular weight is 351 g/mol. The Balaban J connectivity index is 1.54. The second-order valence-electron chi connectivity index (χ2n) is 5.65. The highest BCUT2D eigenvalue weighted by atomic mass is 35.5. The summed E-state index contributed by atoms with van der Waals surface area (Å²) in [6.07, 6.45) is 2.18. The van der Waals surface area contributed by atoms with E-state index in [-0.39, 0.29) is 11.8 Å². The van der Waals surface area contributed by atoms with Gasteiger partial charge in [0.15, 0.2) is 0 Å². The Kier molecular flexibility index (Phi) is 5.18. The van der Waals surface area contributed by atoms with Crippen LogP contribution in [0.4, 0.5) is 0 Å². The molecule has 122 valence electrons. The van der Waals surface area contributed by atoms with Gasteiger partial charge < -0.3 is 10.1 Å². The van der Waals surface area contributed by atoms with E-state index >= 15 is 0 Å². The van der Waals surface area contributed by atoms with Crippen molar-refractivity contribution in [1.29, 1.82) is 0 Å². The molecule has 4 nitrogen and oxygen atoms in total. The van der Waals surface area contributed by atoms with E-state index in [0.717, 1.165) is 39.2 Å². The molecule has 1 atom stereocenters. The van der Waals surface area contributed by atoms with E-state index in [2.05, 4.69) is 10.3 Å². The summed E-state index contributed by atoms with van der Waals surface area (Å²) in [5, 5.41) is 3.98. The zero-order chi connectivity index (χ0) is 16.2. The first-order chi connectivity index (χ1) is 11.1. The number of thiazole rings is 1. The summed E-state index contributed by atoms with van der Waals surface area (Å²) in [4.78, 5) is 16.8. The predicted molar refractivity (Wildman–Crippen MR) is 92.3 cm³/mol. The second kappa shape index (κ2) is 7.32. The van der Waals surface area contributed by atoms with E-state index in [4.69, 9.17) is 16.3 Å². The number of aromatic nitrogens is 1. The van der Waals surface area contributed by atoms with E-state index in [1.807, 2.05) is 31.2 Å². The highest BCUT2D eigenvalue weighted by Gasteiger charge is 2.23. The lowest BCUT2D eigenvalue weighted by molar-refractivity contribution is -0.125. The van der Waals surface area contributed by atoms with Crippen molar-refractivity contribution in [3.8, 4) is 5.75 Å². The van der Waals surface area contributed by atoms with Crippen molar-refractivity contribution in [1.82, 2.24) is 10.3 Å². The monoisotopic (exact) mass is 350 g/mol. The Morgan fingerprint density at radius 1 is 1.48 bits per heavy atom. The van der Waals surface area contributed by atoms with Gasteiger partial charge in [-0.05, 0) is 31.4 Å². The molecular weight excluding hydrogens is 332 g/mol. The van der Waals surface area contributed by atoms with Crippen LogP contribution in [0.25, 0.3) is 0 Å². The van der Waals surface area contributed by atoms with Crippen LogP contribution in [0.1, 0.15) is 22.7 Å². The third-order valence-corrected chi connectivity index (χ3v) is 5.47. The number of rotatable bonds is 4. The molecule has 1 aliphatic heterocycles. The number of para-hydroxylation sites is 1. The van der Waals surface area contributed by atoms with E-state index < -0.39 is 0 Å². The van der Waals surface area contributed by atoms with Crippen molar-refractivity contribution in [2.24, 2.45) is 5.92 Å². The number of halogens is 1. The molecule has 1 aromatic heterocycles. The molecule has 6 heteroatoms. The number of nitrogens with one attached hydrogen (secondary N) is 1. The quantitative estimate of drug-likeness (QED) is 0.919. The van der Waals surface area contributed by atoms with Crippen molar-refractivity contribution in [2.75, 3.05) is 13.2 Å². The van der Waals surface area contributed by atoms with E-state index in [1.165, 1.54) is 11.3 Å². The molecule has 0 saturated heterocycles. The topological polar surface area (TPSA) is 51.2 Å². The fraction of sp³-hybridized carbons (Fsp3) is 0.412. The number of carbonyl (C=O) groups is 1. The molecule has 3 rings (SSSR count). The smallest absolute Gasteiger partial charge is 0.223 e. The minimum absolute atomic E-state index is 0.0414. The van der Waals surface area contributed by atoms with E-state index in [0.29, 0.717) is 19.6 Å². The minimum atomic E-state index is -0.0414. The summed E-state index contributed by atoms with van der Waals surface area (Å²) < 4.78 is 6.44. The third kappa shape index (κ3) is 4.03. The lowest BCUT2D eigenvalue weighted by atomic mass is 9.96. The molecule has 0 spiro atoms. The largest absolute Gasteiger partial charge is 0.493 e. The first-order valence-electron chi connectivity index (χ1n) is 7.73. The number of hydrogen-bond donors (Lipinski definition) is 1. The van der Waals surface area contributed by atoms with Crippen LogP contribution >= 0.6 is 22.9 Å². The molecule has 0 fully saturated rings. The number of hydrogen-bond acceptors (Lipinski definition) is 4. The first-order valence-corrected chi connectivity index (χ1v) is 8.93. The van der Waals surface area contributed by atoms with Crippen LogP contribution < -0.4 is 10.1 Å². The number of carbonyl (C=O) groups excluding carboxylic acids is 1. The van der Waals surface area contributed by atoms with Gasteiger partial charge in [-0.25, -0.2) is 4.98 Å². The molecule has 0 saturated carbocycles. The predicted octanol–water partition coefficient (Wildman–Crippen LogP) is 3.41. The number of aryl methyl sites for hydroxylation is 1. The van der Waals surface area contributed by atoms with Crippen molar-refractivity contribution in [3.05, 3.63) is 44.9 Å². The molecule has 1 aliphatic rings. The second-order valence-corrected chi connectivity index (χ2v) is 7.34. The van der Waals surface area contributed by atoms with Gasteiger partial charge in [-0.3, -0.25) is 4.79 Å². The van der Waals surface area contributed by atoms with Gasteiger partial charge in [0, 0.05) is 18.9 Å². The number of benzene rings is 1. The number of amides is 1. The molecule has 1 N–H and O–H groups in total. The van der Waals surface area contributed by atoms with Gasteiger partial charge in [0.25, 0.3) is 0 Å². The van der Waals surface area contributed by atoms with Crippen molar-refractivity contribution in [3.63, 3.8) is 0 Å². The summed E-state index contributed by atoms with van der Waals surface area (Å²) in [6.45, 7) is 3.06. The minimum Gasteiger partial charge on any atom is -0.493 e. The van der Waals surface area contributed by atoms with Gasteiger partial charge in [0.05, 0.1) is 17.3 Å². The molecular formula is C17H19ClN2O2S. The maximum atomic E-state index is 12.4. The normalized spacial score (nSPS) is 17.0. The van der Waals surface area contributed by atoms with Gasteiger partial charge in [-0.2, -0.15) is 0 Å². The standard InChI is InChI=1S/C17H19ClN2O2S/c1-11-16(18)23-15(20-11)6-8-19-17(21)13-7-9-22-14-5-3-2-4-12(14)10-13/h2-5,13H,6-10H2,1H3,(H,19,21). The average Bonchev–Trinajstić information content (AvgIpc) is 2.75. The Labute approximate surface area is 144 Å². The van der Waals surface area contributed by atoms with Crippen molar-refractivity contribution >= 4 is 28.8 Å². The Morgan fingerprint density at radius 3 is 3.09 bits per heavy atom. The zero-order valence-corrected chi connectivity index (χ0v) is 14.5. The van der Waals surface area contributed by atoms with Gasteiger partial charge >= 0.3 is 0 Å². The van der Waals surface area contributed by atoms with Crippen LogP contribution in [0, 0.1) is 12.8 Å². The summed E-state index contributed by atoms with van der Waals surface area (Å²) >= 11 is 7.49. The number of ether oxygens (including phenoxy) is 1. The van der Waals surface area contributed by atoms with Crippen LogP contribution in [0.3, 0.4) is 0 Å². The molecule has 0 bridgehead atoms. The molecule has 2 heterocycles. The molecule has 1 aromatic carbocycles. The van der Waals surface area contributed by atoms with Crippen LogP contribution in [0.2, 0.25) is 4.34 Å². The maximum Gasteiger partial charge on any atom is 0.223 e. The lowest BCUT2D eigenvalue weighted by Crippen LogP contribution is -2.33. The Hall–Kier alpha value is -1.59. The van der Waals surface area contributed by atoms with Crippen molar-refractivity contribution in [2.45, 2.75) is 26.2 Å². The highest BCUT2D eigenvalue weighted by Crippen LogP contribution is 2.27. The molecule has 1 amide bonds. The number of fused-ring (bicyclic) bond motifs is 1. The van der Waals surface area contributed by atoms with Gasteiger partial charge in [-0.15, -0.1) is 11.3 Å². The summed E-state index contributed by atoms with van der Waals surface area (Å²) in [5.74, 6) is 0.945. The van der Waals surface area contributed by atoms with Crippen LogP contribution in [-0.2, 0) is 17.6 Å². The van der Waals surface area contributed by atoms with E-state index in [9.17, 15) is 4.79 Å². The first kappa shape index (κ1) is 16.3. The lowest BCUT2D eigenvalue weighted by Gasteiger charge is -2.13. The van der Waals surface area contributed by atoms with Crippen LogP contribution in [-0.4, -0.2) is 24.0 Å². The summed E-state index contributed by atoms with van der Waals surface area (Å²) in [5.41, 5.74) is 1.96. The van der Waals surface area contributed by atoms with Gasteiger partial charge in [0.1, 0.15) is 10.1 Å². The zero-order valence-electron chi connectivity index (χ0n) is 13.0. The van der Waals surface area contributed by atoms with Crippen LogP contribution in [0.15, 0.2) is 24.3 Å². The van der Waals surface area contributed by atoms with E-state index in [1.54, 1.807) is 0 Å². The van der Waals surface area contributed by atoms with Gasteiger partial charge in [0.2, 0.25) is 5.91 Å². The molecule has 0 aliphatic carbocycles. The third-order valence-electron chi connectivity index (χ3n) is 3.96. The van der Waals surface area contributed by atoms with Crippen molar-refractivity contribution < 1.29 is 9.53 Å². The summed E-state index contributed by atoms with van der Waals surface area (Å²) in [7, 11) is 0. The van der Waals surface area contributed by atoms with Gasteiger partial charge in [-0.1, -0.05) is 29.8 Å². The maximum absolute atomic E-state index is 12.4. The number of nitrogens with zero attached hydrogens (tertiary/aromatic N) is 1. The fourth-order valence-electron chi connectivity index (χ4n) is 2.69. The molecule has 23 heavy (non-hydrogen) atoms. The highest BCUT2D eigenvalue weighted by molar-refractivity contribution is 7.16. The Bertz CT molecular complexity index is 682.